The van der Waals surface area contributed by atoms with Crippen molar-refractivity contribution < 1.29 is 22.6 Å². The summed E-state index contributed by atoms with van der Waals surface area (Å²) in [5.41, 5.74) is 7.20. The maximum Gasteiger partial charge on any atom is 0.328 e. The second-order valence-electron chi connectivity index (χ2n) is 8.02. The minimum atomic E-state index is -1.69. The number of carbonyl (C=O) groups is 2. The Balaban J connectivity index is 2.03. The molecule has 0 saturated heterocycles. The fraction of sp³-hybridized carbons (Fsp3) is 0.250. The Bertz CT molecular complexity index is 1340. The van der Waals surface area contributed by atoms with Crippen LogP contribution in [0.1, 0.15) is 41.3 Å². The molecular formula is C24H23F2N5O3S. The third kappa shape index (κ3) is 4.63. The standard InChI is InChI=1S/C24H23F2N5O3S/c1-3-4-6-13-9-10-14(21(27)32)11-15(13)19-16-12-28-24(33)31(20-17(25)7-5-8-18(20)26)22(16)30-23(29-19)35(2)34/h5,7-11H,3-4,6,12H2,1-2H3,(H2,27,32)(H,28,33). The largest absolute Gasteiger partial charge is 0.366 e. The zero-order chi connectivity index (χ0) is 25.3. The van der Waals surface area contributed by atoms with E-state index in [1.165, 1.54) is 12.3 Å². The van der Waals surface area contributed by atoms with Gasteiger partial charge in [0, 0.05) is 22.9 Å². The van der Waals surface area contributed by atoms with Gasteiger partial charge in [0.25, 0.3) is 0 Å². The highest BCUT2D eigenvalue weighted by Gasteiger charge is 2.34. The average Bonchev–Trinajstić information content (AvgIpc) is 2.82. The highest BCUT2D eigenvalue weighted by molar-refractivity contribution is 7.84. The predicted octanol–water partition coefficient (Wildman–Crippen LogP) is 3.96. The lowest BCUT2D eigenvalue weighted by molar-refractivity contribution is 0.1000. The van der Waals surface area contributed by atoms with Crippen molar-refractivity contribution in [1.29, 1.82) is 0 Å². The highest BCUT2D eigenvalue weighted by atomic mass is 32.2. The molecule has 0 radical (unpaired) electrons. The zero-order valence-corrected chi connectivity index (χ0v) is 19.9. The van der Waals surface area contributed by atoms with Crippen LogP contribution in [0.2, 0.25) is 0 Å². The van der Waals surface area contributed by atoms with Gasteiger partial charge in [0.15, 0.2) is 5.82 Å². The number of carbonyl (C=O) groups excluding carboxylic acids is 2. The van der Waals surface area contributed by atoms with Crippen molar-refractivity contribution in [2.75, 3.05) is 11.2 Å². The van der Waals surface area contributed by atoms with Gasteiger partial charge < -0.3 is 11.1 Å². The number of benzene rings is 2. The minimum Gasteiger partial charge on any atom is -0.366 e. The van der Waals surface area contributed by atoms with E-state index in [0.717, 1.165) is 35.4 Å². The molecule has 3 N–H and O–H groups in total. The van der Waals surface area contributed by atoms with Crippen LogP contribution in [0.15, 0.2) is 41.6 Å². The normalized spacial score (nSPS) is 13.8. The monoisotopic (exact) mass is 499 g/mol. The number of primary amides is 1. The SMILES string of the molecule is CCCCc1ccc(C(N)=O)cc1-c1nc(S(C)=O)nc2c1CNC(=O)N2c1c(F)cccc1F. The van der Waals surface area contributed by atoms with Gasteiger partial charge in [0.1, 0.15) is 17.3 Å². The molecule has 1 unspecified atom stereocenters. The molecule has 4 rings (SSSR count). The van der Waals surface area contributed by atoms with Crippen molar-refractivity contribution in [2.45, 2.75) is 37.9 Å². The lowest BCUT2D eigenvalue weighted by atomic mass is 9.94. The molecule has 182 valence electrons. The van der Waals surface area contributed by atoms with E-state index < -0.39 is 40.1 Å². The van der Waals surface area contributed by atoms with E-state index in [-0.39, 0.29) is 23.1 Å². The third-order valence-corrected chi connectivity index (χ3v) is 6.36. The summed E-state index contributed by atoms with van der Waals surface area (Å²) in [6.07, 6.45) is 3.79. The molecule has 3 amide bonds. The van der Waals surface area contributed by atoms with E-state index in [1.807, 2.05) is 6.92 Å². The number of halogens is 2. The second kappa shape index (κ2) is 9.87. The molecule has 2 heterocycles. The van der Waals surface area contributed by atoms with Gasteiger partial charge in [0.05, 0.1) is 23.0 Å². The third-order valence-electron chi connectivity index (χ3n) is 5.66. The number of anilines is 2. The maximum atomic E-state index is 14.7. The summed E-state index contributed by atoms with van der Waals surface area (Å²) in [4.78, 5) is 34.3. The van der Waals surface area contributed by atoms with Crippen LogP contribution in [-0.2, 0) is 23.8 Å². The number of unbranched alkanes of at least 4 members (excludes halogenated alkanes) is 1. The lowest BCUT2D eigenvalue weighted by Crippen LogP contribution is -2.43. The molecule has 8 nitrogen and oxygen atoms in total. The number of amides is 3. The van der Waals surface area contributed by atoms with E-state index in [1.54, 1.807) is 18.2 Å². The van der Waals surface area contributed by atoms with E-state index in [0.29, 0.717) is 23.2 Å². The quantitative estimate of drug-likeness (QED) is 0.477. The maximum absolute atomic E-state index is 14.7. The number of aromatic nitrogens is 2. The number of para-hydroxylation sites is 1. The van der Waals surface area contributed by atoms with Crippen LogP contribution in [0.5, 0.6) is 0 Å². The van der Waals surface area contributed by atoms with E-state index in [4.69, 9.17) is 5.73 Å². The summed E-state index contributed by atoms with van der Waals surface area (Å²) in [5, 5.41) is 2.48. The number of fused-ring (bicyclic) bond motifs is 1. The number of nitrogens with zero attached hydrogens (tertiary/aromatic N) is 3. The first-order valence-corrected chi connectivity index (χ1v) is 12.5. The van der Waals surface area contributed by atoms with Crippen LogP contribution >= 0.6 is 0 Å². The first-order valence-electron chi connectivity index (χ1n) is 10.9. The van der Waals surface area contributed by atoms with Crippen molar-refractivity contribution >= 4 is 34.2 Å². The molecule has 0 bridgehead atoms. The van der Waals surface area contributed by atoms with Crippen molar-refractivity contribution in [3.8, 4) is 11.3 Å². The van der Waals surface area contributed by atoms with Crippen LogP contribution in [0, 0.1) is 11.6 Å². The van der Waals surface area contributed by atoms with Gasteiger partial charge in [-0.05, 0) is 42.7 Å². The van der Waals surface area contributed by atoms with Gasteiger partial charge in [-0.3, -0.25) is 9.00 Å². The number of rotatable bonds is 7. The molecule has 11 heteroatoms. The Morgan fingerprint density at radius 2 is 1.91 bits per heavy atom. The van der Waals surface area contributed by atoms with Crippen molar-refractivity contribution in [3.05, 3.63) is 64.7 Å². The molecule has 1 aromatic heterocycles. The molecule has 0 fully saturated rings. The van der Waals surface area contributed by atoms with Crippen LogP contribution in [-0.4, -0.2) is 32.4 Å². The van der Waals surface area contributed by atoms with Gasteiger partial charge in [-0.15, -0.1) is 0 Å². The fourth-order valence-electron chi connectivity index (χ4n) is 3.94. The molecule has 1 aliphatic heterocycles. The Morgan fingerprint density at radius 1 is 1.20 bits per heavy atom. The molecular weight excluding hydrogens is 476 g/mol. The topological polar surface area (TPSA) is 118 Å². The van der Waals surface area contributed by atoms with Gasteiger partial charge in [0.2, 0.25) is 11.1 Å². The molecule has 35 heavy (non-hydrogen) atoms. The Morgan fingerprint density at radius 3 is 2.54 bits per heavy atom. The highest BCUT2D eigenvalue weighted by Crippen LogP contribution is 2.39. The average molecular weight is 500 g/mol. The first kappa shape index (κ1) is 24.4. The number of urea groups is 1. The van der Waals surface area contributed by atoms with E-state index >= 15 is 0 Å². The molecule has 1 atom stereocenters. The summed E-state index contributed by atoms with van der Waals surface area (Å²) in [7, 11) is -1.69. The minimum absolute atomic E-state index is 0.0410. The van der Waals surface area contributed by atoms with E-state index in [9.17, 15) is 22.6 Å². The molecule has 0 aliphatic carbocycles. The first-order chi connectivity index (χ1) is 16.7. The van der Waals surface area contributed by atoms with Gasteiger partial charge in [-0.25, -0.2) is 28.4 Å². The van der Waals surface area contributed by atoms with E-state index in [2.05, 4.69) is 15.3 Å². The van der Waals surface area contributed by atoms with Gasteiger partial charge >= 0.3 is 6.03 Å². The second-order valence-corrected chi connectivity index (χ2v) is 9.29. The molecule has 0 spiro atoms. The smallest absolute Gasteiger partial charge is 0.328 e. The molecule has 2 aromatic carbocycles. The van der Waals surface area contributed by atoms with Crippen LogP contribution in [0.3, 0.4) is 0 Å². The van der Waals surface area contributed by atoms with Gasteiger partial charge in [-0.1, -0.05) is 25.5 Å². The number of hydrogen-bond donors (Lipinski definition) is 2. The van der Waals surface area contributed by atoms with Crippen molar-refractivity contribution in [2.24, 2.45) is 5.73 Å². The number of nitrogens with one attached hydrogen (secondary N) is 1. The van der Waals surface area contributed by atoms with Crippen LogP contribution < -0.4 is 16.0 Å². The summed E-state index contributed by atoms with van der Waals surface area (Å²) >= 11 is 0. The Kier molecular flexibility index (Phi) is 6.88. The number of nitrogens with two attached hydrogens (primary N) is 1. The predicted molar refractivity (Wildman–Crippen MR) is 128 cm³/mol. The van der Waals surface area contributed by atoms with Gasteiger partial charge in [-0.2, -0.15) is 0 Å². The lowest BCUT2D eigenvalue weighted by Gasteiger charge is -2.31. The molecule has 0 saturated carbocycles. The van der Waals surface area contributed by atoms with Crippen molar-refractivity contribution in [1.82, 2.24) is 15.3 Å². The molecule has 3 aromatic rings. The van der Waals surface area contributed by atoms with Crippen molar-refractivity contribution in [3.63, 3.8) is 0 Å². The number of hydrogen-bond acceptors (Lipinski definition) is 5. The fourth-order valence-corrected chi connectivity index (χ4v) is 4.37. The number of aryl methyl sites for hydroxylation is 1. The van der Waals surface area contributed by atoms with Crippen LogP contribution in [0.25, 0.3) is 11.3 Å². The zero-order valence-electron chi connectivity index (χ0n) is 19.1. The summed E-state index contributed by atoms with van der Waals surface area (Å²) in [6, 6.07) is 7.42. The summed E-state index contributed by atoms with van der Waals surface area (Å²) < 4.78 is 41.9. The van der Waals surface area contributed by atoms with Crippen LogP contribution in [0.4, 0.5) is 25.1 Å². The summed E-state index contributed by atoms with van der Waals surface area (Å²) in [5.74, 6) is -2.66. The Hall–Kier alpha value is -3.73. The Labute approximate surface area is 203 Å². The molecule has 1 aliphatic rings. The summed E-state index contributed by atoms with van der Waals surface area (Å²) in [6.45, 7) is 2.00.